The van der Waals surface area contributed by atoms with Crippen LogP contribution in [0.15, 0.2) is 39.7 Å². The standard InChI is InChI=1S/C20H15BrCl2N2O4S2/c1-2-28-15-6-10(7-16-19(27)25-20(30)31-16)5-12(21)18(15)29-9-17(26)24-11-3-4-13(22)14(23)8-11/h3-8H,2,9H2,1H3,(H,24,26)(H,25,27,30)/b16-7+. The Labute approximate surface area is 206 Å². The van der Waals surface area contributed by atoms with Crippen LogP contribution in [0.3, 0.4) is 0 Å². The molecule has 2 amide bonds. The molecule has 31 heavy (non-hydrogen) atoms. The van der Waals surface area contributed by atoms with Crippen molar-refractivity contribution in [2.45, 2.75) is 6.92 Å². The molecule has 0 aromatic heterocycles. The van der Waals surface area contributed by atoms with Gasteiger partial charge in [-0.25, -0.2) is 0 Å². The number of carbonyl (C=O) groups is 2. The van der Waals surface area contributed by atoms with E-state index in [9.17, 15) is 9.59 Å². The molecule has 1 saturated heterocycles. The summed E-state index contributed by atoms with van der Waals surface area (Å²) in [6.45, 7) is 1.96. The van der Waals surface area contributed by atoms with E-state index < -0.39 is 0 Å². The second-order valence-electron chi connectivity index (χ2n) is 6.08. The SMILES string of the molecule is CCOc1cc(/C=C2/SC(=S)NC2=O)cc(Br)c1OCC(=O)Nc1ccc(Cl)c(Cl)c1. The number of anilines is 1. The minimum atomic E-state index is -0.383. The number of halogens is 3. The van der Waals surface area contributed by atoms with Crippen LogP contribution in [0.2, 0.25) is 10.0 Å². The number of benzene rings is 2. The second kappa shape index (κ2) is 10.7. The molecule has 11 heteroatoms. The summed E-state index contributed by atoms with van der Waals surface area (Å²) in [6.07, 6.45) is 1.70. The molecule has 1 heterocycles. The number of rotatable bonds is 7. The fraction of sp³-hybridized carbons (Fsp3) is 0.150. The smallest absolute Gasteiger partial charge is 0.263 e. The van der Waals surface area contributed by atoms with Gasteiger partial charge in [0.25, 0.3) is 11.8 Å². The molecule has 1 fully saturated rings. The quantitative estimate of drug-likeness (QED) is 0.335. The first-order valence-electron chi connectivity index (χ1n) is 8.85. The van der Waals surface area contributed by atoms with Crippen LogP contribution in [0, 0.1) is 0 Å². The maximum Gasteiger partial charge on any atom is 0.263 e. The summed E-state index contributed by atoms with van der Waals surface area (Å²) in [5.74, 6) is 0.166. The summed E-state index contributed by atoms with van der Waals surface area (Å²) >= 11 is 21.5. The zero-order valence-electron chi connectivity index (χ0n) is 16.0. The molecule has 0 spiro atoms. The number of hydrogen-bond acceptors (Lipinski definition) is 6. The van der Waals surface area contributed by atoms with Gasteiger partial charge in [-0.2, -0.15) is 0 Å². The van der Waals surface area contributed by atoms with E-state index in [0.29, 0.717) is 53.1 Å². The van der Waals surface area contributed by atoms with Crippen LogP contribution < -0.4 is 20.1 Å². The number of ether oxygens (including phenoxy) is 2. The second-order valence-corrected chi connectivity index (χ2v) is 9.47. The third-order valence-electron chi connectivity index (χ3n) is 3.82. The molecular weight excluding hydrogens is 547 g/mol. The van der Waals surface area contributed by atoms with Crippen LogP contribution >= 0.6 is 63.1 Å². The molecule has 1 aliphatic heterocycles. The lowest BCUT2D eigenvalue weighted by molar-refractivity contribution is -0.118. The van der Waals surface area contributed by atoms with E-state index in [2.05, 4.69) is 26.6 Å². The Morgan fingerprint density at radius 1 is 1.26 bits per heavy atom. The molecule has 1 aliphatic rings. The van der Waals surface area contributed by atoms with E-state index >= 15 is 0 Å². The Hall–Kier alpha value is -1.78. The van der Waals surface area contributed by atoms with Crippen molar-refractivity contribution in [1.82, 2.24) is 5.32 Å². The molecule has 0 aliphatic carbocycles. The Morgan fingerprint density at radius 3 is 2.68 bits per heavy atom. The number of nitrogens with one attached hydrogen (secondary N) is 2. The average Bonchev–Trinajstić information content (AvgIpc) is 3.01. The zero-order valence-corrected chi connectivity index (χ0v) is 20.7. The van der Waals surface area contributed by atoms with Gasteiger partial charge in [0, 0.05) is 5.69 Å². The van der Waals surface area contributed by atoms with Crippen LogP contribution in [0.5, 0.6) is 11.5 Å². The highest BCUT2D eigenvalue weighted by atomic mass is 79.9. The van der Waals surface area contributed by atoms with Gasteiger partial charge in [-0.15, -0.1) is 0 Å². The Kier molecular flexibility index (Phi) is 8.23. The summed E-state index contributed by atoms with van der Waals surface area (Å²) in [5, 5.41) is 5.99. The highest BCUT2D eigenvalue weighted by Gasteiger charge is 2.22. The van der Waals surface area contributed by atoms with Crippen LogP contribution in [0.1, 0.15) is 12.5 Å². The molecular formula is C20H15BrCl2N2O4S2. The van der Waals surface area contributed by atoms with Gasteiger partial charge in [0.2, 0.25) is 0 Å². The summed E-state index contributed by atoms with van der Waals surface area (Å²) in [5.41, 5.74) is 1.21. The van der Waals surface area contributed by atoms with Crippen LogP contribution in [-0.2, 0) is 9.59 Å². The van der Waals surface area contributed by atoms with Crippen LogP contribution in [-0.4, -0.2) is 29.3 Å². The predicted octanol–water partition coefficient (Wildman–Crippen LogP) is 5.66. The van der Waals surface area contributed by atoms with Gasteiger partial charge >= 0.3 is 0 Å². The number of hydrogen-bond donors (Lipinski definition) is 2. The van der Waals surface area contributed by atoms with Crippen molar-refractivity contribution in [2.75, 3.05) is 18.5 Å². The topological polar surface area (TPSA) is 76.7 Å². The number of thioether (sulfide) groups is 1. The van der Waals surface area contributed by atoms with Gasteiger partial charge in [0.1, 0.15) is 4.32 Å². The van der Waals surface area contributed by atoms with Gasteiger partial charge in [-0.05, 0) is 64.8 Å². The third kappa shape index (κ3) is 6.36. The highest BCUT2D eigenvalue weighted by molar-refractivity contribution is 9.10. The van der Waals surface area contributed by atoms with E-state index in [1.165, 1.54) is 11.8 Å². The molecule has 0 bridgehead atoms. The average molecular weight is 562 g/mol. The van der Waals surface area contributed by atoms with E-state index in [4.69, 9.17) is 44.9 Å². The minimum absolute atomic E-state index is 0.247. The van der Waals surface area contributed by atoms with Gasteiger partial charge in [-0.1, -0.05) is 47.2 Å². The van der Waals surface area contributed by atoms with Gasteiger partial charge in [0.05, 0.1) is 26.0 Å². The normalized spacial score (nSPS) is 14.5. The molecule has 162 valence electrons. The molecule has 2 aromatic rings. The molecule has 0 saturated carbocycles. The van der Waals surface area contributed by atoms with Crippen LogP contribution in [0.4, 0.5) is 5.69 Å². The number of thiocarbonyl (C=S) groups is 1. The molecule has 3 rings (SSSR count). The fourth-order valence-corrected chi connectivity index (χ4v) is 4.47. The Morgan fingerprint density at radius 2 is 2.03 bits per heavy atom. The van der Waals surface area contributed by atoms with Crippen molar-refractivity contribution < 1.29 is 19.1 Å². The monoisotopic (exact) mass is 560 g/mol. The predicted molar refractivity (Wildman–Crippen MR) is 132 cm³/mol. The maximum absolute atomic E-state index is 12.3. The van der Waals surface area contributed by atoms with Gasteiger partial charge in [0.15, 0.2) is 18.1 Å². The molecule has 2 N–H and O–H groups in total. The van der Waals surface area contributed by atoms with Crippen molar-refractivity contribution in [3.8, 4) is 11.5 Å². The first kappa shape index (κ1) is 23.9. The van der Waals surface area contributed by atoms with Crippen molar-refractivity contribution in [2.24, 2.45) is 0 Å². The van der Waals surface area contributed by atoms with E-state index in [-0.39, 0.29) is 18.4 Å². The summed E-state index contributed by atoms with van der Waals surface area (Å²) in [6, 6.07) is 8.26. The number of amides is 2. The number of carbonyl (C=O) groups excluding carboxylic acids is 2. The summed E-state index contributed by atoms with van der Waals surface area (Å²) in [4.78, 5) is 24.7. The van der Waals surface area contributed by atoms with Crippen molar-refractivity contribution in [1.29, 1.82) is 0 Å². The molecule has 0 radical (unpaired) electrons. The Bertz CT molecular complexity index is 1100. The molecule has 6 nitrogen and oxygen atoms in total. The molecule has 2 aromatic carbocycles. The third-order valence-corrected chi connectivity index (χ3v) is 6.31. The zero-order chi connectivity index (χ0) is 22.5. The highest BCUT2D eigenvalue weighted by Crippen LogP contribution is 2.38. The van der Waals surface area contributed by atoms with E-state index in [1.807, 2.05) is 6.92 Å². The Balaban J connectivity index is 1.75. The van der Waals surface area contributed by atoms with Gasteiger partial charge in [-0.3, -0.25) is 9.59 Å². The van der Waals surface area contributed by atoms with Gasteiger partial charge < -0.3 is 20.1 Å². The first-order chi connectivity index (χ1) is 14.8. The summed E-state index contributed by atoms with van der Waals surface area (Å²) < 4.78 is 12.4. The first-order valence-corrected chi connectivity index (χ1v) is 11.6. The molecule has 0 atom stereocenters. The maximum atomic E-state index is 12.3. The largest absolute Gasteiger partial charge is 0.490 e. The van der Waals surface area contributed by atoms with Crippen molar-refractivity contribution in [3.63, 3.8) is 0 Å². The lowest BCUT2D eigenvalue weighted by Gasteiger charge is -2.15. The lowest BCUT2D eigenvalue weighted by Crippen LogP contribution is -2.20. The minimum Gasteiger partial charge on any atom is -0.490 e. The lowest BCUT2D eigenvalue weighted by atomic mass is 10.2. The van der Waals surface area contributed by atoms with Crippen molar-refractivity contribution >= 4 is 91.0 Å². The van der Waals surface area contributed by atoms with E-state index in [1.54, 1.807) is 36.4 Å². The van der Waals surface area contributed by atoms with E-state index in [0.717, 1.165) is 0 Å². The summed E-state index contributed by atoms with van der Waals surface area (Å²) in [7, 11) is 0. The molecule has 0 unspecified atom stereocenters. The fourth-order valence-electron chi connectivity index (χ4n) is 2.56. The van der Waals surface area contributed by atoms with Crippen LogP contribution in [0.25, 0.3) is 6.08 Å². The van der Waals surface area contributed by atoms with Crippen molar-refractivity contribution in [3.05, 3.63) is 55.3 Å².